The lowest BCUT2D eigenvalue weighted by molar-refractivity contribution is 0.0884. The lowest BCUT2D eigenvalue weighted by atomic mass is 9.96. The molecule has 0 fully saturated rings. The molecule has 0 radical (unpaired) electrons. The average Bonchev–Trinajstić information content (AvgIpc) is 2.91. The second-order valence-electron chi connectivity index (χ2n) is 5.37. The molecule has 0 N–H and O–H groups in total. The predicted molar refractivity (Wildman–Crippen MR) is 76.3 cm³/mol. The van der Waals surface area contributed by atoms with Crippen LogP contribution >= 0.6 is 0 Å². The van der Waals surface area contributed by atoms with Crippen molar-refractivity contribution in [3.05, 3.63) is 54.1 Å². The molecule has 0 bridgehead atoms. The van der Waals surface area contributed by atoms with Gasteiger partial charge in [-0.15, -0.1) is 0 Å². The van der Waals surface area contributed by atoms with Gasteiger partial charge in [-0.05, 0) is 30.4 Å². The van der Waals surface area contributed by atoms with E-state index in [4.69, 9.17) is 0 Å². The Kier molecular flexibility index (Phi) is 4.15. The summed E-state index contributed by atoms with van der Waals surface area (Å²) in [6, 6.07) is 8.34. The minimum atomic E-state index is -0.151. The van der Waals surface area contributed by atoms with Crippen LogP contribution in [0, 0.1) is 5.92 Å². The molecule has 0 aliphatic carbocycles. The summed E-state index contributed by atoms with van der Waals surface area (Å²) >= 11 is 0. The minimum Gasteiger partial charge on any atom is -0.276 e. The van der Waals surface area contributed by atoms with Crippen LogP contribution in [-0.2, 0) is 6.42 Å². The van der Waals surface area contributed by atoms with E-state index < -0.39 is 0 Å². The number of hydrogen-bond donors (Lipinski definition) is 0. The van der Waals surface area contributed by atoms with Gasteiger partial charge in [0.1, 0.15) is 6.33 Å². The summed E-state index contributed by atoms with van der Waals surface area (Å²) in [6.07, 6.45) is 5.93. The molecule has 0 spiro atoms. The van der Waals surface area contributed by atoms with Crippen molar-refractivity contribution in [1.82, 2.24) is 9.55 Å². The molecule has 1 aromatic carbocycles. The van der Waals surface area contributed by atoms with Gasteiger partial charge in [0.15, 0.2) is 0 Å². The number of nitrogens with zero attached hydrogens (tertiary/aromatic N) is 2. The van der Waals surface area contributed by atoms with Crippen LogP contribution in [0.4, 0.5) is 0 Å². The smallest absolute Gasteiger partial charge is 0.239 e. The van der Waals surface area contributed by atoms with Crippen LogP contribution in [-0.4, -0.2) is 15.5 Å². The molecule has 3 nitrogen and oxygen atoms in total. The molecule has 100 valence electrons. The number of rotatable bonds is 4. The van der Waals surface area contributed by atoms with E-state index in [1.54, 1.807) is 18.7 Å². The highest BCUT2D eigenvalue weighted by Gasteiger charge is 2.16. The van der Waals surface area contributed by atoms with Crippen LogP contribution in [0.25, 0.3) is 0 Å². The average molecular weight is 256 g/mol. The first-order chi connectivity index (χ1) is 9.08. The van der Waals surface area contributed by atoms with Crippen molar-refractivity contribution in [2.75, 3.05) is 0 Å². The lowest BCUT2D eigenvalue weighted by Crippen LogP contribution is -2.16. The van der Waals surface area contributed by atoms with Gasteiger partial charge in [0, 0.05) is 12.4 Å². The molecule has 0 unspecified atom stereocenters. The number of benzene rings is 1. The number of carbonyl (C=O) groups is 1. The summed E-state index contributed by atoms with van der Waals surface area (Å²) in [5.74, 6) is 0.548. The maximum Gasteiger partial charge on any atom is 0.239 e. The molecule has 0 saturated carbocycles. The third-order valence-corrected chi connectivity index (χ3v) is 3.25. The highest BCUT2D eigenvalue weighted by molar-refractivity contribution is 5.85. The predicted octanol–water partition coefficient (Wildman–Crippen LogP) is 3.53. The second kappa shape index (κ2) is 5.83. The molecule has 19 heavy (non-hydrogen) atoms. The van der Waals surface area contributed by atoms with Crippen molar-refractivity contribution in [2.24, 2.45) is 5.92 Å². The first kappa shape index (κ1) is 13.5. The topological polar surface area (TPSA) is 34.9 Å². The third kappa shape index (κ3) is 3.31. The van der Waals surface area contributed by atoms with Gasteiger partial charge in [-0.1, -0.05) is 38.1 Å². The zero-order valence-electron chi connectivity index (χ0n) is 11.7. The van der Waals surface area contributed by atoms with Crippen molar-refractivity contribution >= 4 is 5.91 Å². The first-order valence-corrected chi connectivity index (χ1v) is 6.69. The molecule has 1 heterocycles. The van der Waals surface area contributed by atoms with Gasteiger partial charge in [0.25, 0.3) is 0 Å². The summed E-state index contributed by atoms with van der Waals surface area (Å²) in [5, 5.41) is 0. The standard InChI is InChI=1S/C16H20N2O/c1-12(2)10-14-4-6-15(7-5-14)13(3)16(19)18-9-8-17-11-18/h4-9,11-13H,10H2,1-3H3/t13-/m1/s1. The van der Waals surface area contributed by atoms with E-state index in [-0.39, 0.29) is 11.8 Å². The SMILES string of the molecule is CC(C)Cc1ccc([C@@H](C)C(=O)n2ccnc2)cc1. The molecule has 1 atom stereocenters. The van der Waals surface area contributed by atoms with E-state index in [2.05, 4.69) is 43.1 Å². The molecule has 1 aromatic heterocycles. The fraction of sp³-hybridized carbons (Fsp3) is 0.375. The summed E-state index contributed by atoms with van der Waals surface area (Å²) in [7, 11) is 0. The monoisotopic (exact) mass is 256 g/mol. The number of carbonyl (C=O) groups excluding carboxylic acids is 1. The summed E-state index contributed by atoms with van der Waals surface area (Å²) in [6.45, 7) is 6.35. The molecule has 2 rings (SSSR count). The molecule has 0 aliphatic rings. The van der Waals surface area contributed by atoms with E-state index in [1.807, 2.05) is 6.92 Å². The fourth-order valence-corrected chi connectivity index (χ4v) is 2.17. The number of hydrogen-bond acceptors (Lipinski definition) is 2. The van der Waals surface area contributed by atoms with E-state index in [1.165, 1.54) is 10.1 Å². The molecule has 0 saturated heterocycles. The van der Waals surface area contributed by atoms with Crippen LogP contribution in [0.1, 0.15) is 42.6 Å². The maximum absolute atomic E-state index is 12.2. The second-order valence-corrected chi connectivity index (χ2v) is 5.37. The zero-order valence-corrected chi connectivity index (χ0v) is 11.7. The van der Waals surface area contributed by atoms with Crippen molar-refractivity contribution in [3.63, 3.8) is 0 Å². The number of imidazole rings is 1. The van der Waals surface area contributed by atoms with Gasteiger partial charge >= 0.3 is 0 Å². The van der Waals surface area contributed by atoms with E-state index in [9.17, 15) is 4.79 Å². The Hall–Kier alpha value is -1.90. The molecular weight excluding hydrogens is 236 g/mol. The van der Waals surface area contributed by atoms with Crippen molar-refractivity contribution < 1.29 is 4.79 Å². The molecule has 3 heteroatoms. The van der Waals surface area contributed by atoms with E-state index in [0.29, 0.717) is 5.92 Å². The van der Waals surface area contributed by atoms with Gasteiger partial charge in [-0.2, -0.15) is 0 Å². The largest absolute Gasteiger partial charge is 0.276 e. The van der Waals surface area contributed by atoms with Crippen LogP contribution in [0.5, 0.6) is 0 Å². The van der Waals surface area contributed by atoms with E-state index >= 15 is 0 Å². The summed E-state index contributed by atoms with van der Waals surface area (Å²) < 4.78 is 1.53. The van der Waals surface area contributed by atoms with E-state index in [0.717, 1.165) is 12.0 Å². The zero-order chi connectivity index (χ0) is 13.8. The lowest BCUT2D eigenvalue weighted by Gasteiger charge is -2.12. The Bertz CT molecular complexity index is 526. The Morgan fingerprint density at radius 3 is 2.42 bits per heavy atom. The van der Waals surface area contributed by atoms with Crippen LogP contribution in [0.15, 0.2) is 43.0 Å². The minimum absolute atomic E-state index is 0.0501. The third-order valence-electron chi connectivity index (χ3n) is 3.25. The summed E-state index contributed by atoms with van der Waals surface area (Å²) in [4.78, 5) is 16.1. The first-order valence-electron chi connectivity index (χ1n) is 6.69. The van der Waals surface area contributed by atoms with Crippen molar-refractivity contribution in [3.8, 4) is 0 Å². The normalized spacial score (nSPS) is 12.6. The van der Waals surface area contributed by atoms with Crippen molar-refractivity contribution in [2.45, 2.75) is 33.1 Å². The number of aromatic nitrogens is 2. The maximum atomic E-state index is 12.2. The molecule has 0 amide bonds. The highest BCUT2D eigenvalue weighted by Crippen LogP contribution is 2.19. The highest BCUT2D eigenvalue weighted by atomic mass is 16.2. The Labute approximate surface area is 114 Å². The van der Waals surface area contributed by atoms with Gasteiger partial charge < -0.3 is 0 Å². The van der Waals surface area contributed by atoms with Crippen LogP contribution in [0.2, 0.25) is 0 Å². The molecule has 0 aliphatic heterocycles. The van der Waals surface area contributed by atoms with Gasteiger partial charge in [0.2, 0.25) is 5.91 Å². The van der Waals surface area contributed by atoms with Crippen LogP contribution in [0.3, 0.4) is 0 Å². The Morgan fingerprint density at radius 2 is 1.89 bits per heavy atom. The Balaban J connectivity index is 2.11. The quantitative estimate of drug-likeness (QED) is 0.838. The summed E-state index contributed by atoms with van der Waals surface area (Å²) in [5.41, 5.74) is 2.37. The fourth-order valence-electron chi connectivity index (χ4n) is 2.17. The van der Waals surface area contributed by atoms with Gasteiger partial charge in [-0.3, -0.25) is 9.36 Å². The Morgan fingerprint density at radius 1 is 1.21 bits per heavy atom. The van der Waals surface area contributed by atoms with Gasteiger partial charge in [0.05, 0.1) is 5.92 Å². The van der Waals surface area contributed by atoms with Crippen LogP contribution < -0.4 is 0 Å². The molecule has 2 aromatic rings. The van der Waals surface area contributed by atoms with Gasteiger partial charge in [-0.25, -0.2) is 4.98 Å². The molecular formula is C16H20N2O. The van der Waals surface area contributed by atoms with Crippen molar-refractivity contribution in [1.29, 1.82) is 0 Å².